The van der Waals surface area contributed by atoms with Crippen LogP contribution < -0.4 is 0 Å². The zero-order valence-corrected chi connectivity index (χ0v) is 10.1. The van der Waals surface area contributed by atoms with E-state index in [1.54, 1.807) is 6.07 Å². The van der Waals surface area contributed by atoms with Crippen molar-refractivity contribution in [2.75, 3.05) is 6.61 Å². The number of unbranched alkanes of at least 4 members (excludes halogenated alkanes) is 1. The Morgan fingerprint density at radius 3 is 2.78 bits per heavy atom. The summed E-state index contributed by atoms with van der Waals surface area (Å²) in [6.45, 7) is 0.359. The molecule has 0 heterocycles. The highest BCUT2D eigenvalue weighted by Gasteiger charge is 2.10. The van der Waals surface area contributed by atoms with E-state index < -0.39 is 0 Å². The molecule has 0 radical (unpaired) electrons. The molecule has 0 unspecified atom stereocenters. The SMILES string of the molecule is N=CCCCOC(=O)c1cccc2ccccc12. The molecule has 1 N–H and O–H groups in total. The van der Waals surface area contributed by atoms with Gasteiger partial charge in [-0.3, -0.25) is 0 Å². The van der Waals surface area contributed by atoms with Crippen LogP contribution >= 0.6 is 0 Å². The molecule has 2 aromatic rings. The summed E-state index contributed by atoms with van der Waals surface area (Å²) in [7, 11) is 0. The molecule has 92 valence electrons. The minimum absolute atomic E-state index is 0.295. The number of fused-ring (bicyclic) bond motifs is 1. The molecule has 0 aliphatic heterocycles. The summed E-state index contributed by atoms with van der Waals surface area (Å²) in [5.41, 5.74) is 0.600. The maximum absolute atomic E-state index is 11.9. The minimum Gasteiger partial charge on any atom is -0.462 e. The van der Waals surface area contributed by atoms with E-state index in [0.717, 1.165) is 10.8 Å². The molecule has 3 nitrogen and oxygen atoms in total. The lowest BCUT2D eigenvalue weighted by Gasteiger charge is -2.06. The molecule has 0 saturated heterocycles. The Bertz CT molecular complexity index is 558. The Kier molecular flexibility index (Phi) is 4.07. The number of carbonyl (C=O) groups excluding carboxylic acids is 1. The minimum atomic E-state index is -0.295. The molecule has 0 fully saturated rings. The van der Waals surface area contributed by atoms with Crippen LogP contribution in [0.3, 0.4) is 0 Å². The third-order valence-corrected chi connectivity index (χ3v) is 2.74. The zero-order valence-electron chi connectivity index (χ0n) is 10.1. The van der Waals surface area contributed by atoms with Gasteiger partial charge in [-0.2, -0.15) is 0 Å². The van der Waals surface area contributed by atoms with Crippen molar-refractivity contribution >= 4 is 23.0 Å². The normalized spacial score (nSPS) is 10.2. The highest BCUT2D eigenvalue weighted by Crippen LogP contribution is 2.19. The lowest BCUT2D eigenvalue weighted by molar-refractivity contribution is 0.0505. The number of nitrogens with one attached hydrogen (secondary N) is 1. The van der Waals surface area contributed by atoms with Crippen LogP contribution in [0.5, 0.6) is 0 Å². The molecule has 0 aromatic heterocycles. The van der Waals surface area contributed by atoms with E-state index >= 15 is 0 Å². The van der Waals surface area contributed by atoms with Crippen molar-refractivity contribution in [1.29, 1.82) is 5.41 Å². The average Bonchev–Trinajstić information content (AvgIpc) is 2.43. The molecule has 18 heavy (non-hydrogen) atoms. The second kappa shape index (κ2) is 5.96. The number of hydrogen-bond donors (Lipinski definition) is 1. The molecule has 0 amide bonds. The summed E-state index contributed by atoms with van der Waals surface area (Å²) in [5, 5.41) is 8.84. The van der Waals surface area contributed by atoms with Crippen LogP contribution in [0, 0.1) is 5.41 Å². The number of rotatable bonds is 5. The van der Waals surface area contributed by atoms with E-state index in [4.69, 9.17) is 10.1 Å². The van der Waals surface area contributed by atoms with Crippen molar-refractivity contribution in [3.63, 3.8) is 0 Å². The highest BCUT2D eigenvalue weighted by atomic mass is 16.5. The Morgan fingerprint density at radius 1 is 1.17 bits per heavy atom. The molecule has 0 saturated carbocycles. The number of carbonyl (C=O) groups is 1. The van der Waals surface area contributed by atoms with Gasteiger partial charge >= 0.3 is 5.97 Å². The number of esters is 1. The first-order valence-corrected chi connectivity index (χ1v) is 5.97. The number of hydrogen-bond acceptors (Lipinski definition) is 3. The van der Waals surface area contributed by atoms with E-state index in [0.29, 0.717) is 25.0 Å². The summed E-state index contributed by atoms with van der Waals surface area (Å²) in [6, 6.07) is 13.4. The number of ether oxygens (including phenoxy) is 1. The van der Waals surface area contributed by atoms with Crippen molar-refractivity contribution in [2.45, 2.75) is 12.8 Å². The van der Waals surface area contributed by atoms with Crippen LogP contribution in [0.25, 0.3) is 10.8 Å². The Balaban J connectivity index is 2.15. The summed E-state index contributed by atoms with van der Waals surface area (Å²) in [6.07, 6.45) is 2.66. The third-order valence-electron chi connectivity index (χ3n) is 2.74. The van der Waals surface area contributed by atoms with Crippen LogP contribution in [0.15, 0.2) is 42.5 Å². The Labute approximate surface area is 106 Å². The van der Waals surface area contributed by atoms with Crippen LogP contribution in [-0.2, 0) is 4.74 Å². The Hall–Kier alpha value is -2.16. The van der Waals surface area contributed by atoms with Gasteiger partial charge < -0.3 is 10.1 Å². The predicted molar refractivity (Wildman–Crippen MR) is 72.2 cm³/mol. The van der Waals surface area contributed by atoms with E-state index in [9.17, 15) is 4.79 Å². The van der Waals surface area contributed by atoms with Gasteiger partial charge in [0.1, 0.15) is 0 Å². The van der Waals surface area contributed by atoms with E-state index in [2.05, 4.69) is 0 Å². The molecular formula is C15H15NO2. The fourth-order valence-electron chi connectivity index (χ4n) is 1.83. The predicted octanol–water partition coefficient (Wildman–Crippen LogP) is 3.43. The quantitative estimate of drug-likeness (QED) is 0.495. The van der Waals surface area contributed by atoms with Crippen LogP contribution in [-0.4, -0.2) is 18.8 Å². The van der Waals surface area contributed by atoms with Crippen molar-refractivity contribution in [3.05, 3.63) is 48.0 Å². The molecule has 0 atom stereocenters. The van der Waals surface area contributed by atoms with Gasteiger partial charge in [-0.15, -0.1) is 0 Å². The summed E-state index contributed by atoms with van der Waals surface area (Å²) >= 11 is 0. The van der Waals surface area contributed by atoms with E-state index in [1.807, 2.05) is 36.4 Å². The van der Waals surface area contributed by atoms with Gasteiger partial charge in [0, 0.05) is 0 Å². The zero-order chi connectivity index (χ0) is 12.8. The average molecular weight is 241 g/mol. The number of benzene rings is 2. The molecule has 2 rings (SSSR count). The second-order valence-electron chi connectivity index (χ2n) is 4.01. The smallest absolute Gasteiger partial charge is 0.338 e. The van der Waals surface area contributed by atoms with Crippen molar-refractivity contribution in [2.24, 2.45) is 0 Å². The monoisotopic (exact) mass is 241 g/mol. The summed E-state index contributed by atoms with van der Waals surface area (Å²) in [5.74, 6) is -0.295. The maximum Gasteiger partial charge on any atom is 0.338 e. The van der Waals surface area contributed by atoms with Crippen LogP contribution in [0.4, 0.5) is 0 Å². The van der Waals surface area contributed by atoms with Crippen LogP contribution in [0.1, 0.15) is 23.2 Å². The largest absolute Gasteiger partial charge is 0.462 e. The van der Waals surface area contributed by atoms with Crippen molar-refractivity contribution in [1.82, 2.24) is 0 Å². The molecule has 0 aliphatic carbocycles. The molecule has 3 heteroatoms. The topological polar surface area (TPSA) is 50.1 Å². The highest BCUT2D eigenvalue weighted by molar-refractivity contribution is 6.04. The van der Waals surface area contributed by atoms with Crippen molar-refractivity contribution < 1.29 is 9.53 Å². The van der Waals surface area contributed by atoms with Gasteiger partial charge in [-0.25, -0.2) is 4.79 Å². The van der Waals surface area contributed by atoms with Crippen LogP contribution in [0.2, 0.25) is 0 Å². The van der Waals surface area contributed by atoms with Gasteiger partial charge in [-0.1, -0.05) is 36.4 Å². The van der Waals surface area contributed by atoms with Gasteiger partial charge in [0.2, 0.25) is 0 Å². The Morgan fingerprint density at radius 2 is 1.94 bits per heavy atom. The summed E-state index contributed by atoms with van der Waals surface area (Å²) in [4.78, 5) is 11.9. The van der Waals surface area contributed by atoms with E-state index in [-0.39, 0.29) is 5.97 Å². The first-order valence-electron chi connectivity index (χ1n) is 5.97. The maximum atomic E-state index is 11.9. The fraction of sp³-hybridized carbons (Fsp3) is 0.200. The first-order chi connectivity index (χ1) is 8.83. The van der Waals surface area contributed by atoms with Gasteiger partial charge in [-0.05, 0) is 35.9 Å². The van der Waals surface area contributed by atoms with Gasteiger partial charge in [0.05, 0.1) is 12.2 Å². The second-order valence-corrected chi connectivity index (χ2v) is 4.01. The lowest BCUT2D eigenvalue weighted by atomic mass is 10.1. The third kappa shape index (κ3) is 2.74. The lowest BCUT2D eigenvalue weighted by Crippen LogP contribution is -2.07. The van der Waals surface area contributed by atoms with Crippen molar-refractivity contribution in [3.8, 4) is 0 Å². The fourth-order valence-corrected chi connectivity index (χ4v) is 1.83. The molecule has 0 bridgehead atoms. The first kappa shape index (κ1) is 12.3. The molecule has 2 aromatic carbocycles. The van der Waals surface area contributed by atoms with Gasteiger partial charge in [0.15, 0.2) is 0 Å². The molecular weight excluding hydrogens is 226 g/mol. The standard InChI is InChI=1S/C15H15NO2/c16-10-3-4-11-18-15(17)14-9-5-7-12-6-1-2-8-13(12)14/h1-2,5-10,16H,3-4,11H2. The molecule has 0 spiro atoms. The molecule has 0 aliphatic rings. The summed E-state index contributed by atoms with van der Waals surface area (Å²) < 4.78 is 5.20. The van der Waals surface area contributed by atoms with Gasteiger partial charge in [0.25, 0.3) is 0 Å². The van der Waals surface area contributed by atoms with E-state index in [1.165, 1.54) is 6.21 Å².